The van der Waals surface area contributed by atoms with Crippen molar-refractivity contribution >= 4 is 17.6 Å². The number of rotatable bonds is 7. The number of hydrogen-bond donors (Lipinski definition) is 1. The minimum atomic E-state index is -1.10. The predicted octanol–water partition coefficient (Wildman–Crippen LogP) is 4.92. The highest BCUT2D eigenvalue weighted by Gasteiger charge is 2.22. The van der Waals surface area contributed by atoms with Crippen molar-refractivity contribution in [2.45, 2.75) is 6.54 Å². The highest BCUT2D eigenvalue weighted by molar-refractivity contribution is 6.08. The molecular weight excluding hydrogens is 456 g/mol. The average molecular weight is 477 g/mol. The maximum absolute atomic E-state index is 14.4. The maximum atomic E-state index is 14.4. The van der Waals surface area contributed by atoms with E-state index in [9.17, 15) is 18.4 Å². The number of nitrogens with zero attached hydrogens (tertiary/aromatic N) is 2. The van der Waals surface area contributed by atoms with E-state index in [4.69, 9.17) is 4.74 Å². The van der Waals surface area contributed by atoms with Crippen molar-refractivity contribution in [1.29, 1.82) is 0 Å². The average Bonchev–Trinajstić information content (AvgIpc) is 3.29. The Morgan fingerprint density at radius 3 is 2.43 bits per heavy atom. The lowest BCUT2D eigenvalue weighted by atomic mass is 10.1. The first-order chi connectivity index (χ1) is 16.9. The normalized spacial score (nSPS) is 10.6. The fraction of sp³-hybridized carbons (Fsp3) is 0.115. The van der Waals surface area contributed by atoms with Gasteiger partial charge in [0.25, 0.3) is 5.91 Å². The van der Waals surface area contributed by atoms with Crippen molar-refractivity contribution in [2.24, 2.45) is 0 Å². The molecule has 3 aromatic carbocycles. The molecule has 9 heteroatoms. The molecule has 0 unspecified atom stereocenters. The summed E-state index contributed by atoms with van der Waals surface area (Å²) >= 11 is 0. The molecule has 1 heterocycles. The standard InChI is InChI=1S/C26H21F2N3O4/c1-34-18-10-6-9-17(11-18)24-20(15-31(30-24)14-16-7-4-3-5-8-16)25(32)29-23-12-19(26(33)35-2)21(27)13-22(23)28/h3-13,15H,14H2,1-2H3,(H,29,32). The van der Waals surface area contributed by atoms with Gasteiger partial charge in [-0.15, -0.1) is 0 Å². The van der Waals surface area contributed by atoms with Crippen molar-refractivity contribution in [1.82, 2.24) is 9.78 Å². The summed E-state index contributed by atoms with van der Waals surface area (Å²) < 4.78 is 39.9. The van der Waals surface area contributed by atoms with E-state index in [1.165, 1.54) is 7.11 Å². The summed E-state index contributed by atoms with van der Waals surface area (Å²) in [5, 5.41) is 7.00. The van der Waals surface area contributed by atoms with Crippen LogP contribution in [-0.4, -0.2) is 35.9 Å². The van der Waals surface area contributed by atoms with E-state index in [0.29, 0.717) is 29.6 Å². The SMILES string of the molecule is COC(=O)c1cc(NC(=O)c2cn(Cc3ccccc3)nc2-c2cccc(OC)c2)c(F)cc1F. The van der Waals surface area contributed by atoms with Gasteiger partial charge in [0.1, 0.15) is 23.1 Å². The Morgan fingerprint density at radius 1 is 0.943 bits per heavy atom. The Morgan fingerprint density at radius 2 is 1.71 bits per heavy atom. The van der Waals surface area contributed by atoms with Gasteiger partial charge >= 0.3 is 5.97 Å². The van der Waals surface area contributed by atoms with E-state index in [2.05, 4.69) is 15.2 Å². The third-order valence-electron chi connectivity index (χ3n) is 5.25. The number of esters is 1. The monoisotopic (exact) mass is 477 g/mol. The van der Waals surface area contributed by atoms with Gasteiger partial charge in [-0.25, -0.2) is 13.6 Å². The number of amides is 1. The molecule has 0 saturated carbocycles. The van der Waals surface area contributed by atoms with Crippen molar-refractivity contribution < 1.29 is 27.8 Å². The van der Waals surface area contributed by atoms with Gasteiger partial charge in [0, 0.05) is 17.8 Å². The first kappa shape index (κ1) is 23.6. The molecule has 0 fully saturated rings. The van der Waals surface area contributed by atoms with Crippen LogP contribution in [0.5, 0.6) is 5.75 Å². The second-order valence-electron chi connectivity index (χ2n) is 7.56. The fourth-order valence-electron chi connectivity index (χ4n) is 3.52. The molecule has 1 aromatic heterocycles. The van der Waals surface area contributed by atoms with E-state index in [0.717, 1.165) is 18.7 Å². The summed E-state index contributed by atoms with van der Waals surface area (Å²) in [7, 11) is 2.60. The van der Waals surface area contributed by atoms with E-state index < -0.39 is 29.1 Å². The molecule has 0 spiro atoms. The molecule has 4 aromatic rings. The van der Waals surface area contributed by atoms with Crippen LogP contribution in [0.4, 0.5) is 14.5 Å². The number of carbonyl (C=O) groups excluding carboxylic acids is 2. The zero-order valence-corrected chi connectivity index (χ0v) is 18.9. The summed E-state index contributed by atoms with van der Waals surface area (Å²) in [6.07, 6.45) is 1.54. The van der Waals surface area contributed by atoms with Gasteiger partial charge in [0.2, 0.25) is 0 Å². The van der Waals surface area contributed by atoms with Gasteiger partial charge < -0.3 is 14.8 Å². The van der Waals surface area contributed by atoms with Crippen LogP contribution < -0.4 is 10.1 Å². The van der Waals surface area contributed by atoms with E-state index in [1.807, 2.05) is 30.3 Å². The number of anilines is 1. The molecule has 1 amide bonds. The van der Waals surface area contributed by atoms with Crippen molar-refractivity contribution in [2.75, 3.05) is 19.5 Å². The first-order valence-electron chi connectivity index (χ1n) is 10.5. The third kappa shape index (κ3) is 5.19. The Balaban J connectivity index is 1.73. The first-order valence-corrected chi connectivity index (χ1v) is 10.5. The summed E-state index contributed by atoms with van der Waals surface area (Å²) in [4.78, 5) is 25.1. The second-order valence-corrected chi connectivity index (χ2v) is 7.56. The molecule has 0 aliphatic carbocycles. The topological polar surface area (TPSA) is 82.5 Å². The second kappa shape index (κ2) is 10.2. The van der Waals surface area contributed by atoms with Crippen LogP contribution in [0.15, 0.2) is 72.9 Å². The molecule has 4 rings (SSSR count). The lowest BCUT2D eigenvalue weighted by Gasteiger charge is -2.09. The predicted molar refractivity (Wildman–Crippen MR) is 125 cm³/mol. The van der Waals surface area contributed by atoms with Crippen LogP contribution in [0.1, 0.15) is 26.3 Å². The molecule has 7 nitrogen and oxygen atoms in total. The molecule has 0 saturated heterocycles. The van der Waals surface area contributed by atoms with Crippen LogP contribution in [0.2, 0.25) is 0 Å². The van der Waals surface area contributed by atoms with Crippen LogP contribution in [0.25, 0.3) is 11.3 Å². The quantitative estimate of drug-likeness (QED) is 0.382. The van der Waals surface area contributed by atoms with Crippen molar-refractivity contribution in [3.63, 3.8) is 0 Å². The molecular formula is C26H21F2N3O4. The highest BCUT2D eigenvalue weighted by atomic mass is 19.1. The minimum Gasteiger partial charge on any atom is -0.497 e. The lowest BCUT2D eigenvalue weighted by Crippen LogP contribution is -2.15. The van der Waals surface area contributed by atoms with Gasteiger partial charge in [0.05, 0.1) is 37.6 Å². The number of methoxy groups -OCH3 is 2. The molecule has 0 aliphatic rings. The smallest absolute Gasteiger partial charge is 0.340 e. The summed E-state index contributed by atoms with van der Waals surface area (Å²) in [6.45, 7) is 0.391. The molecule has 0 bridgehead atoms. The minimum absolute atomic E-state index is 0.150. The number of hydrogen-bond acceptors (Lipinski definition) is 5. The summed E-state index contributed by atoms with van der Waals surface area (Å²) in [5.74, 6) is -3.25. The molecule has 0 aliphatic heterocycles. The van der Waals surface area contributed by atoms with Gasteiger partial charge in [-0.3, -0.25) is 9.48 Å². The van der Waals surface area contributed by atoms with Gasteiger partial charge in [0.15, 0.2) is 0 Å². The van der Waals surface area contributed by atoms with E-state index in [1.54, 1.807) is 35.1 Å². The zero-order chi connectivity index (χ0) is 24.9. The summed E-state index contributed by atoms with van der Waals surface area (Å²) in [5.41, 5.74) is 1.19. The van der Waals surface area contributed by atoms with E-state index in [-0.39, 0.29) is 11.3 Å². The van der Waals surface area contributed by atoms with Crippen molar-refractivity contribution in [3.05, 3.63) is 101 Å². The van der Waals surface area contributed by atoms with Crippen LogP contribution in [-0.2, 0) is 11.3 Å². The van der Waals surface area contributed by atoms with Gasteiger partial charge in [-0.05, 0) is 23.8 Å². The zero-order valence-electron chi connectivity index (χ0n) is 18.9. The molecule has 0 radical (unpaired) electrons. The van der Waals surface area contributed by atoms with Gasteiger partial charge in [-0.1, -0.05) is 42.5 Å². The largest absolute Gasteiger partial charge is 0.497 e. The summed E-state index contributed by atoms with van der Waals surface area (Å²) in [6, 6.07) is 18.0. The van der Waals surface area contributed by atoms with Crippen LogP contribution in [0, 0.1) is 11.6 Å². The Hall–Kier alpha value is -4.53. The molecule has 0 atom stereocenters. The fourth-order valence-corrected chi connectivity index (χ4v) is 3.52. The Labute approximate surface area is 199 Å². The number of halogens is 2. The number of ether oxygens (including phenoxy) is 2. The van der Waals surface area contributed by atoms with E-state index >= 15 is 0 Å². The molecule has 1 N–H and O–H groups in total. The van der Waals surface area contributed by atoms with Crippen LogP contribution in [0.3, 0.4) is 0 Å². The number of carbonyl (C=O) groups is 2. The van der Waals surface area contributed by atoms with Crippen molar-refractivity contribution in [3.8, 4) is 17.0 Å². The Kier molecular flexibility index (Phi) is 6.86. The third-order valence-corrected chi connectivity index (χ3v) is 5.25. The van der Waals surface area contributed by atoms with Crippen LogP contribution >= 0.6 is 0 Å². The lowest BCUT2D eigenvalue weighted by molar-refractivity contribution is 0.0595. The highest BCUT2D eigenvalue weighted by Crippen LogP contribution is 2.28. The Bertz CT molecular complexity index is 1390. The number of aromatic nitrogens is 2. The molecule has 178 valence electrons. The molecule has 35 heavy (non-hydrogen) atoms. The van der Waals surface area contributed by atoms with Gasteiger partial charge in [-0.2, -0.15) is 5.10 Å². The number of benzene rings is 3. The maximum Gasteiger partial charge on any atom is 0.340 e. The number of nitrogens with one attached hydrogen (secondary N) is 1.